The molecule has 1 rings (SSSR count). The van der Waals surface area contributed by atoms with Crippen LogP contribution in [0.2, 0.25) is 0 Å². The zero-order valence-corrected chi connectivity index (χ0v) is 11.2. The third-order valence-corrected chi connectivity index (χ3v) is 2.63. The van der Waals surface area contributed by atoms with Gasteiger partial charge in [0.25, 0.3) is 0 Å². The summed E-state index contributed by atoms with van der Waals surface area (Å²) in [6, 6.07) is 5.85. The Labute approximate surface area is 104 Å². The van der Waals surface area contributed by atoms with Gasteiger partial charge in [0.2, 0.25) is 0 Å². The average Bonchev–Trinajstić information content (AvgIpc) is 2.28. The standard InChI is InChI=1S/C14H23NO2/c1-10(2)8-15-9-13(16)12-7-11(3)5-6-14(12)17-4/h5-7,10,13,15-16H,8-9H2,1-4H3. The number of nitrogens with one attached hydrogen (secondary N) is 1. The van der Waals surface area contributed by atoms with Crippen LogP contribution in [0.5, 0.6) is 5.75 Å². The molecule has 1 unspecified atom stereocenters. The predicted molar refractivity (Wildman–Crippen MR) is 70.4 cm³/mol. The minimum Gasteiger partial charge on any atom is -0.496 e. The molecule has 0 heterocycles. The van der Waals surface area contributed by atoms with Crippen LogP contribution in [-0.2, 0) is 0 Å². The van der Waals surface area contributed by atoms with Gasteiger partial charge < -0.3 is 15.2 Å². The van der Waals surface area contributed by atoms with Crippen LogP contribution in [0.1, 0.15) is 31.1 Å². The van der Waals surface area contributed by atoms with Gasteiger partial charge in [0, 0.05) is 12.1 Å². The Hall–Kier alpha value is -1.06. The molecule has 0 saturated heterocycles. The molecule has 0 bridgehead atoms. The monoisotopic (exact) mass is 237 g/mol. The quantitative estimate of drug-likeness (QED) is 0.797. The summed E-state index contributed by atoms with van der Waals surface area (Å²) in [5, 5.41) is 13.4. The van der Waals surface area contributed by atoms with E-state index in [0.29, 0.717) is 12.5 Å². The average molecular weight is 237 g/mol. The summed E-state index contributed by atoms with van der Waals surface area (Å²) in [4.78, 5) is 0. The second-order valence-corrected chi connectivity index (χ2v) is 4.81. The summed E-state index contributed by atoms with van der Waals surface area (Å²) in [5.41, 5.74) is 1.98. The molecular formula is C14H23NO2. The largest absolute Gasteiger partial charge is 0.496 e. The van der Waals surface area contributed by atoms with Crippen LogP contribution in [0.15, 0.2) is 18.2 Å². The van der Waals surface area contributed by atoms with E-state index in [0.717, 1.165) is 23.4 Å². The molecule has 1 aromatic carbocycles. The Morgan fingerprint density at radius 3 is 2.59 bits per heavy atom. The first-order valence-electron chi connectivity index (χ1n) is 6.08. The van der Waals surface area contributed by atoms with Crippen molar-refractivity contribution >= 4 is 0 Å². The van der Waals surface area contributed by atoms with Gasteiger partial charge in [-0.15, -0.1) is 0 Å². The lowest BCUT2D eigenvalue weighted by Gasteiger charge is -2.17. The highest BCUT2D eigenvalue weighted by atomic mass is 16.5. The Balaban J connectivity index is 2.66. The number of aliphatic hydroxyl groups is 1. The highest BCUT2D eigenvalue weighted by molar-refractivity contribution is 5.38. The van der Waals surface area contributed by atoms with Crippen LogP contribution in [0.4, 0.5) is 0 Å². The van der Waals surface area contributed by atoms with E-state index < -0.39 is 6.10 Å². The molecule has 0 fully saturated rings. The van der Waals surface area contributed by atoms with Crippen molar-refractivity contribution in [1.29, 1.82) is 0 Å². The van der Waals surface area contributed by atoms with E-state index in [4.69, 9.17) is 4.74 Å². The number of ether oxygens (including phenoxy) is 1. The Morgan fingerprint density at radius 1 is 1.29 bits per heavy atom. The van der Waals surface area contributed by atoms with Crippen molar-refractivity contribution in [3.8, 4) is 5.75 Å². The van der Waals surface area contributed by atoms with Crippen molar-refractivity contribution in [3.63, 3.8) is 0 Å². The van der Waals surface area contributed by atoms with E-state index in [1.807, 2.05) is 25.1 Å². The Kier molecular flexibility index (Phi) is 5.45. The van der Waals surface area contributed by atoms with E-state index in [2.05, 4.69) is 19.2 Å². The normalized spacial score (nSPS) is 12.8. The van der Waals surface area contributed by atoms with Crippen molar-refractivity contribution < 1.29 is 9.84 Å². The fraction of sp³-hybridized carbons (Fsp3) is 0.571. The first-order chi connectivity index (χ1) is 8.04. The lowest BCUT2D eigenvalue weighted by atomic mass is 10.0. The molecule has 17 heavy (non-hydrogen) atoms. The fourth-order valence-electron chi connectivity index (χ4n) is 1.73. The molecule has 2 N–H and O–H groups in total. The molecule has 96 valence electrons. The second kappa shape index (κ2) is 6.62. The number of rotatable bonds is 6. The van der Waals surface area contributed by atoms with Gasteiger partial charge in [-0.1, -0.05) is 25.5 Å². The minimum atomic E-state index is -0.524. The number of benzene rings is 1. The van der Waals surface area contributed by atoms with Crippen molar-refractivity contribution in [2.75, 3.05) is 20.2 Å². The number of hydrogen-bond donors (Lipinski definition) is 2. The SMILES string of the molecule is COc1ccc(C)cc1C(O)CNCC(C)C. The summed E-state index contributed by atoms with van der Waals surface area (Å²) >= 11 is 0. The molecule has 0 aliphatic rings. The first-order valence-corrected chi connectivity index (χ1v) is 6.08. The third-order valence-electron chi connectivity index (χ3n) is 2.63. The van der Waals surface area contributed by atoms with Crippen LogP contribution in [0.25, 0.3) is 0 Å². The molecule has 0 amide bonds. The Bertz CT molecular complexity index is 350. The molecule has 0 saturated carbocycles. The molecule has 0 spiro atoms. The maximum Gasteiger partial charge on any atom is 0.124 e. The fourth-order valence-corrected chi connectivity index (χ4v) is 1.73. The molecule has 0 radical (unpaired) electrons. The summed E-state index contributed by atoms with van der Waals surface area (Å²) in [6.07, 6.45) is -0.524. The highest BCUT2D eigenvalue weighted by Gasteiger charge is 2.13. The van der Waals surface area contributed by atoms with Gasteiger partial charge in [-0.25, -0.2) is 0 Å². The van der Waals surface area contributed by atoms with Crippen LogP contribution in [-0.4, -0.2) is 25.3 Å². The highest BCUT2D eigenvalue weighted by Crippen LogP contribution is 2.25. The van der Waals surface area contributed by atoms with Gasteiger partial charge in [-0.3, -0.25) is 0 Å². The second-order valence-electron chi connectivity index (χ2n) is 4.81. The van der Waals surface area contributed by atoms with Crippen LogP contribution < -0.4 is 10.1 Å². The smallest absolute Gasteiger partial charge is 0.124 e. The zero-order chi connectivity index (χ0) is 12.8. The van der Waals surface area contributed by atoms with Crippen LogP contribution >= 0.6 is 0 Å². The zero-order valence-electron chi connectivity index (χ0n) is 11.2. The van der Waals surface area contributed by atoms with Crippen molar-refractivity contribution in [1.82, 2.24) is 5.32 Å². The van der Waals surface area contributed by atoms with Gasteiger partial charge in [0.1, 0.15) is 5.75 Å². The maximum absolute atomic E-state index is 10.1. The molecule has 0 aliphatic heterocycles. The van der Waals surface area contributed by atoms with Crippen molar-refractivity contribution in [2.45, 2.75) is 26.9 Å². The maximum atomic E-state index is 10.1. The van der Waals surface area contributed by atoms with Crippen LogP contribution in [0.3, 0.4) is 0 Å². The summed E-state index contributed by atoms with van der Waals surface area (Å²) in [6.45, 7) is 7.76. The van der Waals surface area contributed by atoms with E-state index in [9.17, 15) is 5.11 Å². The minimum absolute atomic E-state index is 0.524. The molecule has 0 aliphatic carbocycles. The lowest BCUT2D eigenvalue weighted by Crippen LogP contribution is -2.25. The summed E-state index contributed by atoms with van der Waals surface area (Å²) in [5.74, 6) is 1.33. The van der Waals surface area contributed by atoms with Crippen LogP contribution in [0, 0.1) is 12.8 Å². The van der Waals surface area contributed by atoms with Crippen molar-refractivity contribution in [3.05, 3.63) is 29.3 Å². The van der Waals surface area contributed by atoms with E-state index >= 15 is 0 Å². The van der Waals surface area contributed by atoms with E-state index in [1.165, 1.54) is 0 Å². The number of methoxy groups -OCH3 is 1. The molecule has 1 atom stereocenters. The molecule has 1 aromatic rings. The lowest BCUT2D eigenvalue weighted by molar-refractivity contribution is 0.169. The predicted octanol–water partition coefficient (Wildman–Crippen LogP) is 2.28. The number of hydrogen-bond acceptors (Lipinski definition) is 3. The molecule has 0 aromatic heterocycles. The number of aryl methyl sites for hydroxylation is 1. The van der Waals surface area contributed by atoms with Gasteiger partial charge in [-0.05, 0) is 31.5 Å². The van der Waals surface area contributed by atoms with Gasteiger partial charge >= 0.3 is 0 Å². The Morgan fingerprint density at radius 2 is 2.00 bits per heavy atom. The summed E-state index contributed by atoms with van der Waals surface area (Å²) < 4.78 is 5.26. The third kappa shape index (κ3) is 4.36. The first kappa shape index (κ1) is 14.0. The van der Waals surface area contributed by atoms with Gasteiger partial charge in [-0.2, -0.15) is 0 Å². The van der Waals surface area contributed by atoms with Gasteiger partial charge in [0.15, 0.2) is 0 Å². The number of aliphatic hydroxyl groups excluding tert-OH is 1. The molecular weight excluding hydrogens is 214 g/mol. The van der Waals surface area contributed by atoms with E-state index in [1.54, 1.807) is 7.11 Å². The van der Waals surface area contributed by atoms with E-state index in [-0.39, 0.29) is 0 Å². The molecule has 3 nitrogen and oxygen atoms in total. The topological polar surface area (TPSA) is 41.5 Å². The summed E-state index contributed by atoms with van der Waals surface area (Å²) in [7, 11) is 1.63. The van der Waals surface area contributed by atoms with Gasteiger partial charge in [0.05, 0.1) is 13.2 Å². The molecule has 3 heteroatoms. The van der Waals surface area contributed by atoms with Crippen molar-refractivity contribution in [2.24, 2.45) is 5.92 Å².